The van der Waals surface area contributed by atoms with Gasteiger partial charge in [-0.15, -0.1) is 11.6 Å². The summed E-state index contributed by atoms with van der Waals surface area (Å²) >= 11 is 5.94. The van der Waals surface area contributed by atoms with Crippen molar-refractivity contribution in [2.24, 2.45) is 0 Å². The topological polar surface area (TPSA) is 0 Å². The second kappa shape index (κ2) is 5.96. The van der Waals surface area contributed by atoms with Gasteiger partial charge in [0, 0.05) is 11.8 Å². The van der Waals surface area contributed by atoms with Crippen LogP contribution in [0.4, 0.5) is 8.78 Å². The largest absolute Gasteiger partial charge is 0.207 e. The minimum Gasteiger partial charge on any atom is -0.207 e. The maximum absolute atomic E-state index is 13.1. The van der Waals surface area contributed by atoms with E-state index in [1.54, 1.807) is 18.2 Å². The molecule has 0 radical (unpaired) electrons. The van der Waals surface area contributed by atoms with Gasteiger partial charge in [-0.1, -0.05) is 24.3 Å². The minimum absolute atomic E-state index is 0.0640. The number of hydrogen-bond donors (Lipinski definition) is 0. The van der Waals surface area contributed by atoms with E-state index in [1.807, 2.05) is 6.07 Å². The first kappa shape index (κ1) is 13.0. The highest BCUT2D eigenvalue weighted by molar-refractivity contribution is 6.18. The van der Waals surface area contributed by atoms with Gasteiger partial charge >= 0.3 is 0 Å². The molecular weight excluding hydrogens is 254 g/mol. The van der Waals surface area contributed by atoms with Gasteiger partial charge in [0.15, 0.2) is 0 Å². The molecule has 0 aliphatic carbocycles. The van der Waals surface area contributed by atoms with Gasteiger partial charge in [0.05, 0.1) is 0 Å². The Morgan fingerprint density at radius 3 is 2.28 bits per heavy atom. The summed E-state index contributed by atoms with van der Waals surface area (Å²) in [5.41, 5.74) is 1.86. The molecule has 0 saturated heterocycles. The molecule has 18 heavy (non-hydrogen) atoms. The minimum atomic E-state index is -0.266. The number of alkyl halides is 1. The summed E-state index contributed by atoms with van der Waals surface area (Å²) in [6.45, 7) is 0. The van der Waals surface area contributed by atoms with Gasteiger partial charge in [0.25, 0.3) is 0 Å². The Balaban J connectivity index is 2.17. The summed E-state index contributed by atoms with van der Waals surface area (Å²) in [7, 11) is 0. The van der Waals surface area contributed by atoms with Crippen LogP contribution < -0.4 is 0 Å². The molecule has 0 amide bonds. The van der Waals surface area contributed by atoms with Crippen LogP contribution in [-0.4, -0.2) is 5.88 Å². The van der Waals surface area contributed by atoms with Gasteiger partial charge < -0.3 is 0 Å². The zero-order valence-electron chi connectivity index (χ0n) is 9.74. The Labute approximate surface area is 110 Å². The Morgan fingerprint density at radius 2 is 1.67 bits per heavy atom. The lowest BCUT2D eigenvalue weighted by atomic mass is 9.93. The quantitative estimate of drug-likeness (QED) is 0.713. The van der Waals surface area contributed by atoms with Gasteiger partial charge in [0.2, 0.25) is 0 Å². The molecule has 2 aromatic carbocycles. The van der Waals surface area contributed by atoms with Crippen molar-refractivity contribution in [1.82, 2.24) is 0 Å². The van der Waals surface area contributed by atoms with Crippen molar-refractivity contribution in [3.05, 3.63) is 71.3 Å². The third-order valence-corrected chi connectivity index (χ3v) is 3.27. The van der Waals surface area contributed by atoms with E-state index >= 15 is 0 Å². The van der Waals surface area contributed by atoms with Crippen molar-refractivity contribution in [1.29, 1.82) is 0 Å². The highest BCUT2D eigenvalue weighted by atomic mass is 35.5. The Hall–Kier alpha value is -1.41. The predicted octanol–water partition coefficient (Wildman–Crippen LogP) is 4.53. The zero-order chi connectivity index (χ0) is 13.0. The highest BCUT2D eigenvalue weighted by Gasteiger charge is 2.11. The molecule has 2 rings (SSSR count). The van der Waals surface area contributed by atoms with E-state index in [2.05, 4.69) is 0 Å². The first-order chi connectivity index (χ1) is 8.69. The summed E-state index contributed by atoms with van der Waals surface area (Å²) in [6, 6.07) is 12.7. The first-order valence-electron chi connectivity index (χ1n) is 5.75. The normalized spacial score (nSPS) is 12.4. The molecule has 0 heterocycles. The van der Waals surface area contributed by atoms with Crippen molar-refractivity contribution >= 4 is 11.6 Å². The number of rotatable bonds is 4. The van der Waals surface area contributed by atoms with E-state index < -0.39 is 0 Å². The van der Waals surface area contributed by atoms with Crippen molar-refractivity contribution < 1.29 is 8.78 Å². The molecule has 0 bridgehead atoms. The molecule has 0 aliphatic heterocycles. The van der Waals surface area contributed by atoms with Crippen LogP contribution in [0.25, 0.3) is 0 Å². The van der Waals surface area contributed by atoms with Crippen molar-refractivity contribution in [2.75, 3.05) is 5.88 Å². The number of halogens is 3. The third-order valence-electron chi connectivity index (χ3n) is 2.90. The van der Waals surface area contributed by atoms with Crippen molar-refractivity contribution in [2.45, 2.75) is 12.3 Å². The van der Waals surface area contributed by atoms with Crippen LogP contribution in [0, 0.1) is 11.6 Å². The maximum atomic E-state index is 13.1. The fourth-order valence-corrected chi connectivity index (χ4v) is 2.23. The standard InChI is InChI=1S/C15H13ClF2/c16-10-13(12-4-6-14(17)7-5-12)8-11-2-1-3-15(18)9-11/h1-7,9,13H,8,10H2. The van der Waals surface area contributed by atoms with Crippen LogP contribution in [0.1, 0.15) is 17.0 Å². The van der Waals surface area contributed by atoms with E-state index in [1.165, 1.54) is 24.3 Å². The molecule has 0 fully saturated rings. The second-order valence-electron chi connectivity index (χ2n) is 4.24. The average molecular weight is 267 g/mol. The SMILES string of the molecule is Fc1ccc(C(CCl)Cc2cccc(F)c2)cc1. The molecule has 1 atom stereocenters. The predicted molar refractivity (Wildman–Crippen MR) is 70.0 cm³/mol. The van der Waals surface area contributed by atoms with E-state index in [0.717, 1.165) is 11.1 Å². The van der Waals surface area contributed by atoms with Gasteiger partial charge in [-0.05, 0) is 41.8 Å². The molecular formula is C15H13ClF2. The first-order valence-corrected chi connectivity index (χ1v) is 6.28. The molecule has 0 nitrogen and oxygen atoms in total. The molecule has 1 unspecified atom stereocenters. The van der Waals surface area contributed by atoms with Crippen molar-refractivity contribution in [3.63, 3.8) is 0 Å². The molecule has 94 valence electrons. The molecule has 2 aromatic rings. The average Bonchev–Trinajstić information content (AvgIpc) is 2.37. The Kier molecular flexibility index (Phi) is 4.32. The van der Waals surface area contributed by atoms with Crippen LogP contribution in [0.15, 0.2) is 48.5 Å². The van der Waals surface area contributed by atoms with Crippen LogP contribution >= 0.6 is 11.6 Å². The van der Waals surface area contributed by atoms with Crippen LogP contribution in [0.3, 0.4) is 0 Å². The fourth-order valence-electron chi connectivity index (χ4n) is 1.94. The van der Waals surface area contributed by atoms with E-state index in [9.17, 15) is 8.78 Å². The lowest BCUT2D eigenvalue weighted by molar-refractivity contribution is 0.622. The van der Waals surface area contributed by atoms with Gasteiger partial charge in [-0.2, -0.15) is 0 Å². The third kappa shape index (κ3) is 3.30. The smallest absolute Gasteiger partial charge is 0.123 e. The van der Waals surface area contributed by atoms with E-state index in [-0.39, 0.29) is 17.6 Å². The molecule has 0 aromatic heterocycles. The Bertz CT molecular complexity index is 508. The Morgan fingerprint density at radius 1 is 0.944 bits per heavy atom. The summed E-state index contributed by atoms with van der Waals surface area (Å²) in [5, 5.41) is 0. The molecule has 0 N–H and O–H groups in total. The van der Waals surface area contributed by atoms with Crippen molar-refractivity contribution in [3.8, 4) is 0 Å². The highest BCUT2D eigenvalue weighted by Crippen LogP contribution is 2.23. The monoisotopic (exact) mass is 266 g/mol. The van der Waals surface area contributed by atoms with Gasteiger partial charge in [0.1, 0.15) is 11.6 Å². The molecule has 0 aliphatic rings. The molecule has 0 spiro atoms. The summed E-state index contributed by atoms with van der Waals surface area (Å²) in [5.74, 6) is -0.0332. The summed E-state index contributed by atoms with van der Waals surface area (Å²) < 4.78 is 25.9. The summed E-state index contributed by atoms with van der Waals surface area (Å²) in [4.78, 5) is 0. The molecule has 0 saturated carbocycles. The van der Waals surface area contributed by atoms with E-state index in [0.29, 0.717) is 12.3 Å². The van der Waals surface area contributed by atoms with Gasteiger partial charge in [-0.3, -0.25) is 0 Å². The van der Waals surface area contributed by atoms with E-state index in [4.69, 9.17) is 11.6 Å². The number of benzene rings is 2. The van der Waals surface area contributed by atoms with Gasteiger partial charge in [-0.25, -0.2) is 8.78 Å². The molecule has 3 heteroatoms. The maximum Gasteiger partial charge on any atom is 0.123 e. The summed E-state index contributed by atoms with van der Waals surface area (Å²) in [6.07, 6.45) is 0.646. The second-order valence-corrected chi connectivity index (χ2v) is 4.55. The lowest BCUT2D eigenvalue weighted by Gasteiger charge is -2.14. The van der Waals surface area contributed by atoms with Crippen LogP contribution in [0.2, 0.25) is 0 Å². The zero-order valence-corrected chi connectivity index (χ0v) is 10.5. The lowest BCUT2D eigenvalue weighted by Crippen LogP contribution is -2.05. The van der Waals surface area contributed by atoms with Crippen LogP contribution in [0.5, 0.6) is 0 Å². The van der Waals surface area contributed by atoms with Crippen LogP contribution in [-0.2, 0) is 6.42 Å². The fraction of sp³-hybridized carbons (Fsp3) is 0.200. The number of hydrogen-bond acceptors (Lipinski definition) is 0.